The summed E-state index contributed by atoms with van der Waals surface area (Å²) in [6.07, 6.45) is 3.21. The van der Waals surface area contributed by atoms with Gasteiger partial charge in [0, 0.05) is 12.4 Å². The van der Waals surface area contributed by atoms with Crippen LogP contribution in [0.3, 0.4) is 0 Å². The Balaban J connectivity index is 1.64. The molecule has 0 bridgehead atoms. The van der Waals surface area contributed by atoms with Crippen molar-refractivity contribution in [3.8, 4) is 0 Å². The van der Waals surface area contributed by atoms with Gasteiger partial charge < -0.3 is 5.32 Å². The van der Waals surface area contributed by atoms with Crippen molar-refractivity contribution in [1.82, 2.24) is 15.3 Å². The van der Waals surface area contributed by atoms with Crippen molar-refractivity contribution >= 4 is 23.6 Å². The highest BCUT2D eigenvalue weighted by atomic mass is 32.2. The van der Waals surface area contributed by atoms with Crippen LogP contribution in [0.2, 0.25) is 0 Å². The molecule has 1 aliphatic rings. The van der Waals surface area contributed by atoms with Gasteiger partial charge >= 0.3 is 0 Å². The second kappa shape index (κ2) is 5.81. The second-order valence-electron chi connectivity index (χ2n) is 3.66. The van der Waals surface area contributed by atoms with Crippen LogP contribution in [0.5, 0.6) is 0 Å². The number of thioether (sulfide) groups is 1. The van der Waals surface area contributed by atoms with Gasteiger partial charge in [0.15, 0.2) is 0 Å². The highest BCUT2D eigenvalue weighted by Crippen LogP contribution is 2.12. The number of nitrogens with zero attached hydrogens (tertiary/aromatic N) is 2. The van der Waals surface area contributed by atoms with Gasteiger partial charge in [-0.2, -0.15) is 11.8 Å². The summed E-state index contributed by atoms with van der Waals surface area (Å²) in [5, 5.41) is 5.86. The lowest BCUT2D eigenvalue weighted by atomic mass is 10.1. The van der Waals surface area contributed by atoms with Crippen LogP contribution in [0.4, 0.5) is 5.95 Å². The van der Waals surface area contributed by atoms with Gasteiger partial charge in [0.1, 0.15) is 0 Å². The van der Waals surface area contributed by atoms with E-state index in [2.05, 4.69) is 20.6 Å². The Morgan fingerprint density at radius 3 is 2.88 bits per heavy atom. The van der Waals surface area contributed by atoms with Crippen molar-refractivity contribution < 1.29 is 4.79 Å². The van der Waals surface area contributed by atoms with Gasteiger partial charge in [0.25, 0.3) is 0 Å². The van der Waals surface area contributed by atoms with E-state index in [-0.39, 0.29) is 5.91 Å². The first kappa shape index (κ1) is 11.3. The van der Waals surface area contributed by atoms with Crippen LogP contribution >= 0.6 is 11.8 Å². The Bertz CT molecular complexity index is 342. The van der Waals surface area contributed by atoms with Crippen molar-refractivity contribution in [3.05, 3.63) is 18.5 Å². The largest absolute Gasteiger partial charge is 0.316 e. The maximum Gasteiger partial charge on any atom is 0.236 e. The number of nitrogens with one attached hydrogen (secondary N) is 2. The van der Waals surface area contributed by atoms with Crippen molar-refractivity contribution in [2.75, 3.05) is 29.9 Å². The van der Waals surface area contributed by atoms with E-state index >= 15 is 0 Å². The molecule has 2 rings (SSSR count). The van der Waals surface area contributed by atoms with Gasteiger partial charge in [-0.1, -0.05) is 0 Å². The van der Waals surface area contributed by atoms with Gasteiger partial charge in [0.05, 0.1) is 5.75 Å². The lowest BCUT2D eigenvalue weighted by Gasteiger charge is -2.26. The van der Waals surface area contributed by atoms with Crippen LogP contribution in [-0.4, -0.2) is 40.5 Å². The molecule has 1 saturated heterocycles. The molecule has 5 nitrogen and oxygen atoms in total. The van der Waals surface area contributed by atoms with Gasteiger partial charge in [-0.25, -0.2) is 9.97 Å². The highest BCUT2D eigenvalue weighted by Gasteiger charge is 2.16. The van der Waals surface area contributed by atoms with Crippen molar-refractivity contribution in [3.63, 3.8) is 0 Å². The van der Waals surface area contributed by atoms with Crippen LogP contribution in [0.15, 0.2) is 18.5 Å². The molecule has 0 aliphatic carbocycles. The maximum absolute atomic E-state index is 11.5. The molecule has 0 spiro atoms. The second-order valence-corrected chi connectivity index (χ2v) is 4.69. The lowest BCUT2D eigenvalue weighted by Crippen LogP contribution is -2.43. The first-order valence-electron chi connectivity index (χ1n) is 5.20. The number of aromatic nitrogens is 2. The molecule has 1 aliphatic heterocycles. The number of hydrogen-bond donors (Lipinski definition) is 2. The predicted molar refractivity (Wildman–Crippen MR) is 64.3 cm³/mol. The number of carbonyl (C=O) groups is 1. The molecule has 16 heavy (non-hydrogen) atoms. The van der Waals surface area contributed by atoms with E-state index in [1.54, 1.807) is 30.2 Å². The van der Waals surface area contributed by atoms with E-state index in [9.17, 15) is 4.79 Å². The van der Waals surface area contributed by atoms with E-state index in [0.29, 0.717) is 11.7 Å². The predicted octanol–water partition coefficient (Wildman–Crippen LogP) is 0.368. The van der Waals surface area contributed by atoms with E-state index in [4.69, 9.17) is 0 Å². The smallest absolute Gasteiger partial charge is 0.236 e. The molecule has 1 amide bonds. The molecular weight excluding hydrogens is 224 g/mol. The van der Waals surface area contributed by atoms with Crippen LogP contribution in [0.25, 0.3) is 0 Å². The number of anilines is 1. The molecule has 1 fully saturated rings. The topological polar surface area (TPSA) is 66.9 Å². The Hall–Kier alpha value is -1.14. The summed E-state index contributed by atoms with van der Waals surface area (Å²) < 4.78 is 0. The van der Waals surface area contributed by atoms with Gasteiger partial charge in [0.2, 0.25) is 11.9 Å². The average Bonchev–Trinajstić information content (AvgIpc) is 2.23. The van der Waals surface area contributed by atoms with E-state index < -0.39 is 0 Å². The van der Waals surface area contributed by atoms with Crippen molar-refractivity contribution in [1.29, 1.82) is 0 Å². The minimum Gasteiger partial charge on any atom is -0.316 e. The molecule has 0 radical (unpaired) electrons. The molecule has 6 heteroatoms. The molecule has 2 N–H and O–H groups in total. The molecule has 1 aromatic rings. The van der Waals surface area contributed by atoms with Crippen LogP contribution in [-0.2, 0) is 4.79 Å². The number of rotatable bonds is 5. The van der Waals surface area contributed by atoms with Crippen LogP contribution in [0.1, 0.15) is 0 Å². The first-order valence-corrected chi connectivity index (χ1v) is 6.35. The SMILES string of the molecule is O=C(CSCC1CNC1)Nc1ncccn1. The number of hydrogen-bond acceptors (Lipinski definition) is 5. The fourth-order valence-corrected chi connectivity index (χ4v) is 2.25. The summed E-state index contributed by atoms with van der Waals surface area (Å²) in [7, 11) is 0. The quantitative estimate of drug-likeness (QED) is 0.775. The summed E-state index contributed by atoms with van der Waals surface area (Å²) >= 11 is 1.66. The summed E-state index contributed by atoms with van der Waals surface area (Å²) in [5.74, 6) is 2.57. The Kier molecular flexibility index (Phi) is 4.12. The number of amides is 1. The molecule has 86 valence electrons. The van der Waals surface area contributed by atoms with Gasteiger partial charge in [-0.05, 0) is 30.8 Å². The van der Waals surface area contributed by atoms with E-state index in [1.807, 2.05) is 0 Å². The summed E-state index contributed by atoms with van der Waals surface area (Å²) in [6, 6.07) is 1.72. The van der Waals surface area contributed by atoms with Crippen LogP contribution in [0, 0.1) is 5.92 Å². The molecule has 1 aromatic heterocycles. The molecule has 0 aromatic carbocycles. The summed E-state index contributed by atoms with van der Waals surface area (Å²) in [6.45, 7) is 2.16. The highest BCUT2D eigenvalue weighted by molar-refractivity contribution is 7.99. The van der Waals surface area contributed by atoms with Crippen molar-refractivity contribution in [2.24, 2.45) is 5.92 Å². The minimum absolute atomic E-state index is 0.0384. The zero-order valence-corrected chi connectivity index (χ0v) is 9.67. The van der Waals surface area contributed by atoms with Gasteiger partial charge in [-0.15, -0.1) is 0 Å². The maximum atomic E-state index is 11.5. The zero-order chi connectivity index (χ0) is 11.2. The third-order valence-corrected chi connectivity index (χ3v) is 3.44. The summed E-state index contributed by atoms with van der Waals surface area (Å²) in [4.78, 5) is 19.3. The first-order chi connectivity index (χ1) is 7.84. The Morgan fingerprint density at radius 2 is 2.25 bits per heavy atom. The Morgan fingerprint density at radius 1 is 1.50 bits per heavy atom. The van der Waals surface area contributed by atoms with E-state index in [1.165, 1.54) is 0 Å². The normalized spacial score (nSPS) is 15.5. The fourth-order valence-electron chi connectivity index (χ4n) is 1.31. The lowest BCUT2D eigenvalue weighted by molar-refractivity contribution is -0.113. The fraction of sp³-hybridized carbons (Fsp3) is 0.500. The molecule has 0 atom stereocenters. The third kappa shape index (κ3) is 3.46. The standard InChI is InChI=1S/C10H14N4OS/c15-9(7-16-6-8-4-11-5-8)14-10-12-2-1-3-13-10/h1-3,8,11H,4-7H2,(H,12,13,14,15). The monoisotopic (exact) mass is 238 g/mol. The van der Waals surface area contributed by atoms with Crippen molar-refractivity contribution in [2.45, 2.75) is 0 Å². The van der Waals surface area contributed by atoms with Crippen LogP contribution < -0.4 is 10.6 Å². The zero-order valence-electron chi connectivity index (χ0n) is 8.85. The average molecular weight is 238 g/mol. The Labute approximate surface area is 98.4 Å². The van der Waals surface area contributed by atoms with E-state index in [0.717, 1.165) is 24.8 Å². The molecular formula is C10H14N4OS. The summed E-state index contributed by atoms with van der Waals surface area (Å²) in [5.41, 5.74) is 0. The van der Waals surface area contributed by atoms with Gasteiger partial charge in [-0.3, -0.25) is 10.1 Å². The minimum atomic E-state index is -0.0384. The number of carbonyl (C=O) groups excluding carboxylic acids is 1. The molecule has 0 unspecified atom stereocenters. The molecule has 0 saturated carbocycles. The third-order valence-electron chi connectivity index (χ3n) is 2.27. The molecule has 2 heterocycles.